The summed E-state index contributed by atoms with van der Waals surface area (Å²) in [6, 6.07) is 16.2. The fourth-order valence-electron chi connectivity index (χ4n) is 3.15. The average molecular weight is 375 g/mol. The van der Waals surface area contributed by atoms with Gasteiger partial charge >= 0.3 is 5.97 Å². The maximum absolute atomic E-state index is 12.0. The summed E-state index contributed by atoms with van der Waals surface area (Å²) >= 11 is 0. The summed E-state index contributed by atoms with van der Waals surface area (Å²) < 4.78 is 10.7. The molecule has 7 nitrogen and oxygen atoms in total. The molecule has 0 aliphatic rings. The van der Waals surface area contributed by atoms with Crippen LogP contribution in [0.3, 0.4) is 0 Å². The molecule has 0 aliphatic heterocycles. The molecule has 4 rings (SSSR count). The van der Waals surface area contributed by atoms with E-state index in [4.69, 9.17) is 9.47 Å². The lowest BCUT2D eigenvalue weighted by Gasteiger charge is -2.11. The van der Waals surface area contributed by atoms with Crippen molar-refractivity contribution in [3.63, 3.8) is 0 Å². The van der Waals surface area contributed by atoms with Gasteiger partial charge in [0.25, 0.3) is 0 Å². The van der Waals surface area contributed by atoms with Crippen LogP contribution >= 0.6 is 0 Å². The van der Waals surface area contributed by atoms with E-state index in [1.54, 1.807) is 25.3 Å². The fraction of sp³-hybridized carbons (Fsp3) is 0.0952. The summed E-state index contributed by atoms with van der Waals surface area (Å²) in [6.07, 6.45) is 0. The third kappa shape index (κ3) is 2.92. The monoisotopic (exact) mass is 375 g/mol. The average Bonchev–Trinajstić information content (AvgIpc) is 3.17. The molecule has 2 aromatic carbocycles. The van der Waals surface area contributed by atoms with Crippen LogP contribution in [0.15, 0.2) is 54.6 Å². The van der Waals surface area contributed by atoms with Gasteiger partial charge in [0.1, 0.15) is 11.5 Å². The maximum Gasteiger partial charge on any atom is 0.336 e. The van der Waals surface area contributed by atoms with Crippen LogP contribution in [0.25, 0.3) is 33.5 Å². The number of carboxylic acids is 1. The van der Waals surface area contributed by atoms with Crippen LogP contribution in [0.2, 0.25) is 0 Å². The smallest absolute Gasteiger partial charge is 0.336 e. The van der Waals surface area contributed by atoms with Crippen LogP contribution in [-0.4, -0.2) is 40.5 Å². The summed E-state index contributed by atoms with van der Waals surface area (Å²) in [6.45, 7) is 0. The second kappa shape index (κ2) is 7.03. The summed E-state index contributed by atoms with van der Waals surface area (Å²) in [5.41, 5.74) is 3.00. The molecule has 28 heavy (non-hydrogen) atoms. The zero-order valence-corrected chi connectivity index (χ0v) is 15.3. The van der Waals surface area contributed by atoms with E-state index in [1.807, 2.05) is 30.3 Å². The Morgan fingerprint density at radius 2 is 1.82 bits per heavy atom. The number of carboxylic acid groups (broad SMARTS) is 1. The van der Waals surface area contributed by atoms with Gasteiger partial charge < -0.3 is 14.6 Å². The van der Waals surface area contributed by atoms with Crippen molar-refractivity contribution in [2.45, 2.75) is 0 Å². The van der Waals surface area contributed by atoms with E-state index in [0.717, 1.165) is 5.56 Å². The number of rotatable bonds is 5. The first-order chi connectivity index (χ1) is 13.6. The molecule has 0 saturated carbocycles. The summed E-state index contributed by atoms with van der Waals surface area (Å²) in [4.78, 5) is 16.6. The Morgan fingerprint density at radius 3 is 2.50 bits per heavy atom. The first kappa shape index (κ1) is 17.5. The van der Waals surface area contributed by atoms with E-state index in [1.165, 1.54) is 13.2 Å². The fourth-order valence-corrected chi connectivity index (χ4v) is 3.15. The second-order valence-electron chi connectivity index (χ2n) is 6.09. The Balaban J connectivity index is 1.95. The summed E-state index contributed by atoms with van der Waals surface area (Å²) in [7, 11) is 3.10. The molecule has 2 N–H and O–H groups in total. The van der Waals surface area contributed by atoms with Gasteiger partial charge in [-0.05, 0) is 18.2 Å². The van der Waals surface area contributed by atoms with E-state index in [-0.39, 0.29) is 5.56 Å². The Labute approximate surface area is 160 Å². The predicted molar refractivity (Wildman–Crippen MR) is 105 cm³/mol. The standard InChI is InChI=1S/C21H17N3O4/c1-27-13-8-9-14(17(10-13)28-2)16-11-15(21(25)26)18-19(23-24-20(18)22-16)12-6-4-3-5-7-12/h3-11H,1-2H3,(H,25,26)(H,22,23,24). The van der Waals surface area contributed by atoms with E-state index >= 15 is 0 Å². The number of nitrogens with zero attached hydrogens (tertiary/aromatic N) is 2. The van der Waals surface area contributed by atoms with Crippen LogP contribution in [0.1, 0.15) is 10.4 Å². The number of ether oxygens (including phenoxy) is 2. The number of carbonyl (C=O) groups is 1. The quantitative estimate of drug-likeness (QED) is 0.547. The number of aromatic nitrogens is 3. The zero-order valence-electron chi connectivity index (χ0n) is 15.3. The van der Waals surface area contributed by atoms with E-state index in [2.05, 4.69) is 15.2 Å². The lowest BCUT2D eigenvalue weighted by atomic mass is 10.0. The van der Waals surface area contributed by atoms with Gasteiger partial charge in [0, 0.05) is 17.2 Å². The number of methoxy groups -OCH3 is 2. The van der Waals surface area contributed by atoms with Gasteiger partial charge in [-0.1, -0.05) is 30.3 Å². The molecule has 2 aromatic heterocycles. The number of H-pyrrole nitrogens is 1. The SMILES string of the molecule is COc1ccc(-c2cc(C(=O)O)c3c(-c4ccccc4)[nH]nc3n2)c(OC)c1. The molecule has 0 saturated heterocycles. The molecule has 2 heterocycles. The third-order valence-electron chi connectivity index (χ3n) is 4.50. The van der Waals surface area contributed by atoms with Crippen molar-refractivity contribution in [1.29, 1.82) is 0 Å². The van der Waals surface area contributed by atoms with Crippen molar-refractivity contribution >= 4 is 17.0 Å². The molecule has 7 heteroatoms. The second-order valence-corrected chi connectivity index (χ2v) is 6.09. The minimum absolute atomic E-state index is 0.116. The lowest BCUT2D eigenvalue weighted by molar-refractivity contribution is 0.0699. The van der Waals surface area contributed by atoms with Crippen molar-refractivity contribution in [1.82, 2.24) is 15.2 Å². The third-order valence-corrected chi connectivity index (χ3v) is 4.50. The van der Waals surface area contributed by atoms with Crippen molar-refractivity contribution in [2.75, 3.05) is 14.2 Å². The van der Waals surface area contributed by atoms with E-state index < -0.39 is 5.97 Å². The zero-order chi connectivity index (χ0) is 19.7. The van der Waals surface area contributed by atoms with Gasteiger partial charge in [-0.3, -0.25) is 5.10 Å². The lowest BCUT2D eigenvalue weighted by Crippen LogP contribution is -2.01. The minimum Gasteiger partial charge on any atom is -0.497 e. The Bertz CT molecular complexity index is 1170. The molecule has 4 aromatic rings. The number of nitrogens with one attached hydrogen (secondary N) is 1. The van der Waals surface area contributed by atoms with Crippen molar-refractivity contribution in [3.8, 4) is 34.0 Å². The molecule has 0 unspecified atom stereocenters. The number of fused-ring (bicyclic) bond motifs is 1. The molecule has 0 radical (unpaired) electrons. The summed E-state index contributed by atoms with van der Waals surface area (Å²) in [5.74, 6) is 0.104. The van der Waals surface area contributed by atoms with Crippen molar-refractivity contribution < 1.29 is 19.4 Å². The largest absolute Gasteiger partial charge is 0.497 e. The molecule has 0 fully saturated rings. The highest BCUT2D eigenvalue weighted by molar-refractivity contribution is 6.08. The minimum atomic E-state index is -1.06. The maximum atomic E-state index is 12.0. The normalized spacial score (nSPS) is 10.8. The number of pyridine rings is 1. The molecule has 0 spiro atoms. The number of aromatic carboxylic acids is 1. The van der Waals surface area contributed by atoms with Gasteiger partial charge in [0.05, 0.1) is 36.6 Å². The first-order valence-corrected chi connectivity index (χ1v) is 8.52. The number of benzene rings is 2. The predicted octanol–water partition coefficient (Wildman–Crippen LogP) is 4.01. The van der Waals surface area contributed by atoms with Crippen LogP contribution < -0.4 is 9.47 Å². The summed E-state index contributed by atoms with van der Waals surface area (Å²) in [5, 5.41) is 17.5. The highest BCUT2D eigenvalue weighted by Gasteiger charge is 2.21. The van der Waals surface area contributed by atoms with Crippen molar-refractivity contribution in [3.05, 3.63) is 60.2 Å². The van der Waals surface area contributed by atoms with Crippen LogP contribution in [0, 0.1) is 0 Å². The van der Waals surface area contributed by atoms with Gasteiger partial charge in [-0.15, -0.1) is 0 Å². The van der Waals surface area contributed by atoms with Gasteiger partial charge in [0.15, 0.2) is 5.65 Å². The molecular weight excluding hydrogens is 358 g/mol. The highest BCUT2D eigenvalue weighted by atomic mass is 16.5. The molecule has 0 bridgehead atoms. The van der Waals surface area contributed by atoms with Gasteiger partial charge in [-0.2, -0.15) is 5.10 Å². The molecular formula is C21H17N3O4. The van der Waals surface area contributed by atoms with Crippen LogP contribution in [-0.2, 0) is 0 Å². The van der Waals surface area contributed by atoms with Gasteiger partial charge in [0.2, 0.25) is 0 Å². The molecule has 140 valence electrons. The number of hydrogen-bond acceptors (Lipinski definition) is 5. The first-order valence-electron chi connectivity index (χ1n) is 8.52. The topological polar surface area (TPSA) is 97.3 Å². The number of hydrogen-bond donors (Lipinski definition) is 2. The molecule has 0 aliphatic carbocycles. The van der Waals surface area contributed by atoms with Crippen molar-refractivity contribution in [2.24, 2.45) is 0 Å². The van der Waals surface area contributed by atoms with E-state index in [0.29, 0.717) is 39.5 Å². The van der Waals surface area contributed by atoms with Crippen LogP contribution in [0.4, 0.5) is 0 Å². The van der Waals surface area contributed by atoms with Gasteiger partial charge in [-0.25, -0.2) is 9.78 Å². The number of aromatic amines is 1. The Kier molecular flexibility index (Phi) is 4.41. The molecule has 0 atom stereocenters. The van der Waals surface area contributed by atoms with E-state index in [9.17, 15) is 9.90 Å². The van der Waals surface area contributed by atoms with Crippen LogP contribution in [0.5, 0.6) is 11.5 Å². The Hall–Kier alpha value is -3.87. The highest BCUT2D eigenvalue weighted by Crippen LogP contribution is 2.36. The Morgan fingerprint density at radius 1 is 1.04 bits per heavy atom. The molecule has 0 amide bonds.